The van der Waals surface area contributed by atoms with Gasteiger partial charge in [0.25, 0.3) is 0 Å². The highest BCUT2D eigenvalue weighted by Crippen LogP contribution is 2.23. The van der Waals surface area contributed by atoms with E-state index in [1.165, 1.54) is 0 Å². The smallest absolute Gasteiger partial charge is 0.227 e. The van der Waals surface area contributed by atoms with Crippen molar-refractivity contribution in [3.05, 3.63) is 22.4 Å². The number of rotatable bonds is 5. The van der Waals surface area contributed by atoms with Crippen molar-refractivity contribution in [1.82, 2.24) is 10.2 Å². The first-order valence-corrected chi connectivity index (χ1v) is 8.23. The van der Waals surface area contributed by atoms with E-state index in [9.17, 15) is 9.59 Å². The Morgan fingerprint density at radius 2 is 2.20 bits per heavy atom. The fraction of sp³-hybridized carbons (Fsp3) is 0.600. The normalized spacial score (nSPS) is 22.0. The molecule has 0 spiro atoms. The second-order valence-corrected chi connectivity index (χ2v) is 6.63. The van der Waals surface area contributed by atoms with Crippen LogP contribution in [0, 0.1) is 5.92 Å². The van der Waals surface area contributed by atoms with E-state index >= 15 is 0 Å². The van der Waals surface area contributed by atoms with E-state index < -0.39 is 0 Å². The second-order valence-electron chi connectivity index (χ2n) is 5.85. The molecule has 0 aromatic carbocycles. The first-order valence-electron chi connectivity index (χ1n) is 7.29. The van der Waals surface area contributed by atoms with Crippen molar-refractivity contribution in [2.75, 3.05) is 13.1 Å². The Balaban J connectivity index is 1.43. The summed E-state index contributed by atoms with van der Waals surface area (Å²) in [4.78, 5) is 25.8. The maximum Gasteiger partial charge on any atom is 0.227 e. The third-order valence-electron chi connectivity index (χ3n) is 3.99. The van der Waals surface area contributed by atoms with E-state index in [1.807, 2.05) is 21.7 Å². The van der Waals surface area contributed by atoms with Gasteiger partial charge in [0.05, 0.1) is 6.42 Å². The minimum absolute atomic E-state index is 0.157. The van der Waals surface area contributed by atoms with Gasteiger partial charge in [0.15, 0.2) is 0 Å². The summed E-state index contributed by atoms with van der Waals surface area (Å²) in [6.07, 6.45) is 4.26. The zero-order valence-corrected chi connectivity index (χ0v) is 12.3. The zero-order chi connectivity index (χ0) is 13.9. The number of carbonyl (C=O) groups excluding carboxylic acids is 2. The first-order chi connectivity index (χ1) is 9.70. The molecule has 20 heavy (non-hydrogen) atoms. The molecular formula is C15H20N2O2S. The predicted molar refractivity (Wildman–Crippen MR) is 78.5 cm³/mol. The maximum atomic E-state index is 12.2. The van der Waals surface area contributed by atoms with Crippen LogP contribution >= 0.6 is 11.3 Å². The number of hydrogen-bond donors (Lipinski definition) is 1. The average molecular weight is 292 g/mol. The van der Waals surface area contributed by atoms with Crippen LogP contribution in [0.5, 0.6) is 0 Å². The summed E-state index contributed by atoms with van der Waals surface area (Å²) in [5.41, 5.74) is 1.09. The largest absolute Gasteiger partial charge is 0.353 e. The Bertz CT molecular complexity index is 482. The average Bonchev–Trinajstić information content (AvgIpc) is 2.91. The summed E-state index contributed by atoms with van der Waals surface area (Å²) in [7, 11) is 0. The summed E-state index contributed by atoms with van der Waals surface area (Å²) in [5.74, 6) is 0.679. The van der Waals surface area contributed by atoms with Crippen LogP contribution in [0.25, 0.3) is 0 Å². The fourth-order valence-corrected chi connectivity index (χ4v) is 3.35. The van der Waals surface area contributed by atoms with Gasteiger partial charge in [-0.25, -0.2) is 0 Å². The molecular weight excluding hydrogens is 272 g/mol. The molecule has 1 saturated heterocycles. The molecule has 1 aliphatic heterocycles. The fourth-order valence-electron chi connectivity index (χ4n) is 2.68. The van der Waals surface area contributed by atoms with Gasteiger partial charge in [-0.3, -0.25) is 9.59 Å². The van der Waals surface area contributed by atoms with Crippen molar-refractivity contribution >= 4 is 23.2 Å². The first kappa shape index (κ1) is 13.6. The lowest BCUT2D eigenvalue weighted by Crippen LogP contribution is -2.31. The van der Waals surface area contributed by atoms with E-state index in [0.29, 0.717) is 24.8 Å². The zero-order valence-electron chi connectivity index (χ0n) is 11.5. The molecule has 5 heteroatoms. The van der Waals surface area contributed by atoms with Crippen LogP contribution in [0.15, 0.2) is 16.8 Å². The quantitative estimate of drug-likeness (QED) is 0.900. The molecule has 0 radical (unpaired) electrons. The van der Waals surface area contributed by atoms with Gasteiger partial charge in [-0.15, -0.1) is 0 Å². The van der Waals surface area contributed by atoms with Crippen LogP contribution < -0.4 is 5.32 Å². The van der Waals surface area contributed by atoms with Crippen molar-refractivity contribution in [2.45, 2.75) is 38.1 Å². The number of thiophene rings is 1. The number of carbonyl (C=O) groups is 2. The van der Waals surface area contributed by atoms with E-state index in [2.05, 4.69) is 5.32 Å². The lowest BCUT2D eigenvalue weighted by molar-refractivity contribution is -0.130. The van der Waals surface area contributed by atoms with Crippen LogP contribution in [-0.4, -0.2) is 35.8 Å². The highest BCUT2D eigenvalue weighted by atomic mass is 32.1. The van der Waals surface area contributed by atoms with Crippen molar-refractivity contribution in [2.24, 2.45) is 5.92 Å². The molecule has 2 fully saturated rings. The van der Waals surface area contributed by atoms with Gasteiger partial charge in [-0.05, 0) is 47.6 Å². The van der Waals surface area contributed by atoms with Crippen LogP contribution in [0.3, 0.4) is 0 Å². The molecule has 3 rings (SSSR count). The Kier molecular flexibility index (Phi) is 4.05. The molecule has 1 aromatic rings. The Hall–Kier alpha value is -1.36. The Morgan fingerprint density at radius 1 is 1.35 bits per heavy atom. The van der Waals surface area contributed by atoms with Gasteiger partial charge in [0, 0.05) is 25.6 Å². The molecule has 4 nitrogen and oxygen atoms in total. The molecule has 2 heterocycles. The van der Waals surface area contributed by atoms with Gasteiger partial charge in [-0.2, -0.15) is 11.3 Å². The summed E-state index contributed by atoms with van der Waals surface area (Å²) in [6, 6.07) is 2.43. The molecule has 1 saturated carbocycles. The van der Waals surface area contributed by atoms with Gasteiger partial charge in [-0.1, -0.05) is 0 Å². The van der Waals surface area contributed by atoms with Crippen molar-refractivity contribution in [1.29, 1.82) is 0 Å². The second kappa shape index (κ2) is 5.95. The molecule has 2 amide bonds. The summed E-state index contributed by atoms with van der Waals surface area (Å²) >= 11 is 1.62. The molecule has 0 bridgehead atoms. The third-order valence-corrected chi connectivity index (χ3v) is 4.72. The predicted octanol–water partition coefficient (Wildman–Crippen LogP) is 1.81. The van der Waals surface area contributed by atoms with E-state index in [-0.39, 0.29) is 11.8 Å². The monoisotopic (exact) mass is 292 g/mol. The van der Waals surface area contributed by atoms with Crippen LogP contribution in [0.4, 0.5) is 0 Å². The molecule has 1 atom stereocenters. The van der Waals surface area contributed by atoms with Crippen molar-refractivity contribution in [3.63, 3.8) is 0 Å². The Morgan fingerprint density at radius 3 is 2.90 bits per heavy atom. The number of amides is 2. The number of hydrogen-bond acceptors (Lipinski definition) is 3. The summed E-state index contributed by atoms with van der Waals surface area (Å²) < 4.78 is 0. The third kappa shape index (κ3) is 3.60. The standard InChI is InChI=1S/C15H20N2O2S/c18-14(16-13-1-2-13)7-11-3-5-17(9-11)15(19)8-12-4-6-20-10-12/h4,6,10-11,13H,1-3,5,7-9H2,(H,16,18). The molecule has 1 aliphatic carbocycles. The lowest BCUT2D eigenvalue weighted by atomic mass is 10.0. The highest BCUT2D eigenvalue weighted by Gasteiger charge is 2.29. The molecule has 1 N–H and O–H groups in total. The SMILES string of the molecule is O=C(CC1CCN(C(=O)Cc2ccsc2)C1)NC1CC1. The Labute approximate surface area is 123 Å². The lowest BCUT2D eigenvalue weighted by Gasteiger charge is -2.16. The molecule has 108 valence electrons. The highest BCUT2D eigenvalue weighted by molar-refractivity contribution is 7.07. The summed E-state index contributed by atoms with van der Waals surface area (Å²) in [5, 5.41) is 7.04. The summed E-state index contributed by atoms with van der Waals surface area (Å²) in [6.45, 7) is 1.53. The number of nitrogens with zero attached hydrogens (tertiary/aromatic N) is 1. The topological polar surface area (TPSA) is 49.4 Å². The van der Waals surface area contributed by atoms with Crippen molar-refractivity contribution in [3.8, 4) is 0 Å². The van der Waals surface area contributed by atoms with Gasteiger partial charge >= 0.3 is 0 Å². The van der Waals surface area contributed by atoms with E-state index in [1.54, 1.807) is 11.3 Å². The van der Waals surface area contributed by atoms with Crippen LogP contribution in [-0.2, 0) is 16.0 Å². The maximum absolute atomic E-state index is 12.2. The molecule has 2 aliphatic rings. The molecule has 1 unspecified atom stereocenters. The van der Waals surface area contributed by atoms with Gasteiger partial charge in [0.2, 0.25) is 11.8 Å². The van der Waals surface area contributed by atoms with Gasteiger partial charge in [0.1, 0.15) is 0 Å². The minimum Gasteiger partial charge on any atom is -0.353 e. The van der Waals surface area contributed by atoms with E-state index in [0.717, 1.165) is 37.9 Å². The number of likely N-dealkylation sites (tertiary alicyclic amines) is 1. The van der Waals surface area contributed by atoms with Crippen LogP contribution in [0.1, 0.15) is 31.2 Å². The minimum atomic E-state index is 0.157. The van der Waals surface area contributed by atoms with E-state index in [4.69, 9.17) is 0 Å². The molecule has 1 aromatic heterocycles. The van der Waals surface area contributed by atoms with Crippen LogP contribution in [0.2, 0.25) is 0 Å². The van der Waals surface area contributed by atoms with Gasteiger partial charge < -0.3 is 10.2 Å². The number of nitrogens with one attached hydrogen (secondary N) is 1. The van der Waals surface area contributed by atoms with Crippen molar-refractivity contribution < 1.29 is 9.59 Å².